The molecule has 4 atom stereocenters. The number of thioether (sulfide) groups is 1. The van der Waals surface area contributed by atoms with Gasteiger partial charge in [-0.1, -0.05) is 6.42 Å². The fourth-order valence-electron chi connectivity index (χ4n) is 2.50. The molecule has 0 aromatic rings. The number of hydrogen-bond donors (Lipinski definition) is 2. The average molecular weight is 244 g/mol. The second-order valence-corrected chi connectivity index (χ2v) is 5.70. The van der Waals surface area contributed by atoms with Gasteiger partial charge in [-0.05, 0) is 19.1 Å². The van der Waals surface area contributed by atoms with Crippen molar-refractivity contribution in [2.24, 2.45) is 11.7 Å². The fourth-order valence-corrected chi connectivity index (χ4v) is 3.44. The van der Waals surface area contributed by atoms with E-state index >= 15 is 0 Å². The molecule has 0 aromatic carbocycles. The summed E-state index contributed by atoms with van der Waals surface area (Å²) in [5.74, 6) is -0.0703. The molecule has 2 rings (SSSR count). The Balaban J connectivity index is 1.86. The van der Waals surface area contributed by atoms with Gasteiger partial charge in [-0.3, -0.25) is 4.79 Å². The molecule has 1 aliphatic carbocycles. The number of ether oxygens (including phenoxy) is 1. The van der Waals surface area contributed by atoms with Crippen molar-refractivity contribution in [2.75, 3.05) is 19.5 Å². The third-order valence-electron chi connectivity index (χ3n) is 3.54. The van der Waals surface area contributed by atoms with Crippen molar-refractivity contribution in [3.8, 4) is 0 Å². The molecular weight excluding hydrogens is 224 g/mol. The zero-order chi connectivity index (χ0) is 11.5. The van der Waals surface area contributed by atoms with Crippen LogP contribution in [0.3, 0.4) is 0 Å². The Kier molecular flexibility index (Phi) is 4.10. The molecule has 5 heteroatoms. The van der Waals surface area contributed by atoms with Crippen LogP contribution >= 0.6 is 11.8 Å². The Labute approximate surface area is 101 Å². The van der Waals surface area contributed by atoms with Gasteiger partial charge >= 0.3 is 0 Å². The lowest BCUT2D eigenvalue weighted by molar-refractivity contribution is -0.125. The van der Waals surface area contributed by atoms with Gasteiger partial charge in [0.25, 0.3) is 0 Å². The molecule has 1 aliphatic heterocycles. The van der Waals surface area contributed by atoms with Crippen LogP contribution in [0.2, 0.25) is 0 Å². The highest BCUT2D eigenvalue weighted by molar-refractivity contribution is 7.99. The summed E-state index contributed by atoms with van der Waals surface area (Å²) in [4.78, 5) is 12.0. The van der Waals surface area contributed by atoms with Crippen LogP contribution in [0.1, 0.15) is 19.3 Å². The largest absolute Gasteiger partial charge is 0.379 e. The molecule has 4 nitrogen and oxygen atoms in total. The third-order valence-corrected chi connectivity index (χ3v) is 4.71. The highest BCUT2D eigenvalue weighted by atomic mass is 32.2. The molecule has 1 saturated heterocycles. The minimum Gasteiger partial charge on any atom is -0.379 e. The second kappa shape index (κ2) is 5.38. The molecule has 3 N–H and O–H groups in total. The van der Waals surface area contributed by atoms with Gasteiger partial charge in [-0.25, -0.2) is 0 Å². The molecule has 0 spiro atoms. The minimum absolute atomic E-state index is 0.0796. The number of nitrogens with one attached hydrogen (secondary N) is 1. The van der Waals surface area contributed by atoms with E-state index in [1.807, 2.05) is 11.8 Å². The molecule has 16 heavy (non-hydrogen) atoms. The van der Waals surface area contributed by atoms with E-state index in [0.29, 0.717) is 24.5 Å². The van der Waals surface area contributed by atoms with Crippen LogP contribution in [-0.4, -0.2) is 42.7 Å². The van der Waals surface area contributed by atoms with Gasteiger partial charge in [-0.2, -0.15) is 11.8 Å². The van der Waals surface area contributed by atoms with Crippen molar-refractivity contribution in [3.05, 3.63) is 0 Å². The second-order valence-electron chi connectivity index (χ2n) is 4.63. The van der Waals surface area contributed by atoms with Crippen molar-refractivity contribution in [1.82, 2.24) is 5.32 Å². The summed E-state index contributed by atoms with van der Waals surface area (Å²) < 4.78 is 5.22. The maximum atomic E-state index is 12.0. The van der Waals surface area contributed by atoms with E-state index in [-0.39, 0.29) is 17.9 Å². The van der Waals surface area contributed by atoms with Gasteiger partial charge in [-0.15, -0.1) is 0 Å². The topological polar surface area (TPSA) is 64.3 Å². The van der Waals surface area contributed by atoms with E-state index in [1.54, 1.807) is 0 Å². The smallest absolute Gasteiger partial charge is 0.227 e. The first-order chi connectivity index (χ1) is 7.72. The third kappa shape index (κ3) is 2.52. The summed E-state index contributed by atoms with van der Waals surface area (Å²) in [5.41, 5.74) is 5.83. The summed E-state index contributed by atoms with van der Waals surface area (Å²) in [6, 6.07) is 0.199. The van der Waals surface area contributed by atoms with E-state index in [0.717, 1.165) is 6.42 Å². The number of carbonyl (C=O) groups is 1. The molecule has 92 valence electrons. The van der Waals surface area contributed by atoms with Crippen LogP contribution < -0.4 is 11.1 Å². The lowest BCUT2D eigenvalue weighted by Crippen LogP contribution is -2.46. The quantitative estimate of drug-likeness (QED) is 0.752. The fraction of sp³-hybridized carbons (Fsp3) is 0.909. The molecule has 0 bridgehead atoms. The standard InChI is InChI=1S/C11H20N2O2S/c1-16-10-4-2-3-9(10)13-11(14)7-5-15-6-8(7)12/h7-10H,2-6,12H2,1H3,(H,13,14). The maximum absolute atomic E-state index is 12.0. The van der Waals surface area contributed by atoms with Crippen LogP contribution in [0.25, 0.3) is 0 Å². The van der Waals surface area contributed by atoms with Crippen LogP contribution in [0, 0.1) is 5.92 Å². The highest BCUT2D eigenvalue weighted by Gasteiger charge is 2.35. The first-order valence-electron chi connectivity index (χ1n) is 5.89. The lowest BCUT2D eigenvalue weighted by Gasteiger charge is -2.22. The van der Waals surface area contributed by atoms with Crippen molar-refractivity contribution < 1.29 is 9.53 Å². The SMILES string of the molecule is CSC1CCCC1NC(=O)C1COCC1N. The Morgan fingerprint density at radius 3 is 2.88 bits per heavy atom. The Morgan fingerprint density at radius 1 is 1.44 bits per heavy atom. The Bertz CT molecular complexity index is 262. The molecule has 1 saturated carbocycles. The van der Waals surface area contributed by atoms with Crippen molar-refractivity contribution in [2.45, 2.75) is 36.6 Å². The number of carbonyl (C=O) groups excluding carboxylic acids is 1. The van der Waals surface area contributed by atoms with E-state index in [1.165, 1.54) is 12.8 Å². The number of hydrogen-bond acceptors (Lipinski definition) is 4. The monoisotopic (exact) mass is 244 g/mol. The highest BCUT2D eigenvalue weighted by Crippen LogP contribution is 2.28. The first-order valence-corrected chi connectivity index (χ1v) is 7.17. The van der Waals surface area contributed by atoms with Gasteiger partial charge in [0.05, 0.1) is 19.1 Å². The lowest BCUT2D eigenvalue weighted by atomic mass is 10.0. The zero-order valence-corrected chi connectivity index (χ0v) is 10.5. The minimum atomic E-state index is -0.150. The van der Waals surface area contributed by atoms with Crippen LogP contribution in [0.15, 0.2) is 0 Å². The summed E-state index contributed by atoms with van der Waals surface area (Å²) >= 11 is 1.85. The van der Waals surface area contributed by atoms with Gasteiger partial charge < -0.3 is 15.8 Å². The molecule has 0 aromatic heterocycles. The van der Waals surface area contributed by atoms with E-state index in [9.17, 15) is 4.79 Å². The van der Waals surface area contributed by atoms with E-state index < -0.39 is 0 Å². The molecule has 1 heterocycles. The predicted octanol–water partition coefficient (Wildman–Crippen LogP) is 0.360. The number of amides is 1. The van der Waals surface area contributed by atoms with E-state index in [4.69, 9.17) is 10.5 Å². The zero-order valence-electron chi connectivity index (χ0n) is 9.65. The number of rotatable bonds is 3. The summed E-state index contributed by atoms with van der Waals surface area (Å²) in [6.07, 6.45) is 5.63. The average Bonchev–Trinajstić information content (AvgIpc) is 2.86. The Morgan fingerprint density at radius 2 is 2.25 bits per heavy atom. The van der Waals surface area contributed by atoms with Crippen LogP contribution in [-0.2, 0) is 9.53 Å². The Hall–Kier alpha value is -0.260. The van der Waals surface area contributed by atoms with Gasteiger partial charge in [0, 0.05) is 17.3 Å². The van der Waals surface area contributed by atoms with Gasteiger partial charge in [0.2, 0.25) is 5.91 Å². The molecule has 0 radical (unpaired) electrons. The number of nitrogens with two attached hydrogens (primary N) is 1. The molecule has 1 amide bonds. The summed E-state index contributed by atoms with van der Waals surface area (Å²) in [6.45, 7) is 0.984. The van der Waals surface area contributed by atoms with Gasteiger partial charge in [0.1, 0.15) is 0 Å². The summed E-state index contributed by atoms with van der Waals surface area (Å²) in [5, 5.41) is 3.70. The van der Waals surface area contributed by atoms with Crippen LogP contribution in [0.4, 0.5) is 0 Å². The molecular formula is C11H20N2O2S. The van der Waals surface area contributed by atoms with Crippen molar-refractivity contribution in [3.63, 3.8) is 0 Å². The molecule has 2 fully saturated rings. The normalized spacial score (nSPS) is 38.9. The maximum Gasteiger partial charge on any atom is 0.227 e. The predicted molar refractivity (Wildman–Crippen MR) is 65.4 cm³/mol. The first kappa shape index (κ1) is 12.2. The van der Waals surface area contributed by atoms with E-state index in [2.05, 4.69) is 11.6 Å². The molecule has 4 unspecified atom stereocenters. The van der Waals surface area contributed by atoms with Crippen molar-refractivity contribution in [1.29, 1.82) is 0 Å². The summed E-state index contributed by atoms with van der Waals surface area (Å²) in [7, 11) is 0. The molecule has 2 aliphatic rings. The van der Waals surface area contributed by atoms with Crippen LogP contribution in [0.5, 0.6) is 0 Å². The van der Waals surface area contributed by atoms with Crippen molar-refractivity contribution >= 4 is 17.7 Å². The van der Waals surface area contributed by atoms with Gasteiger partial charge in [0.15, 0.2) is 0 Å².